The molecule has 0 saturated carbocycles. The van der Waals surface area contributed by atoms with Crippen LogP contribution in [-0.4, -0.2) is 5.91 Å². The molecule has 2 heteroatoms. The van der Waals surface area contributed by atoms with Crippen molar-refractivity contribution in [2.45, 2.75) is 25.8 Å². The van der Waals surface area contributed by atoms with E-state index in [1.807, 2.05) is 42.5 Å². The van der Waals surface area contributed by atoms with Crippen molar-refractivity contribution in [3.8, 4) is 0 Å². The Morgan fingerprint density at radius 2 is 1.59 bits per heavy atom. The van der Waals surface area contributed by atoms with Gasteiger partial charge >= 0.3 is 0 Å². The third-order valence-corrected chi connectivity index (χ3v) is 5.07. The second-order valence-corrected chi connectivity index (χ2v) is 7.04. The summed E-state index contributed by atoms with van der Waals surface area (Å²) in [5, 5.41) is 3.02. The van der Waals surface area contributed by atoms with Gasteiger partial charge < -0.3 is 5.32 Å². The lowest BCUT2D eigenvalue weighted by Crippen LogP contribution is -2.23. The number of benzene rings is 3. The third-order valence-electron chi connectivity index (χ3n) is 5.07. The number of rotatable bonds is 4. The maximum absolute atomic E-state index is 12.6. The van der Waals surface area contributed by atoms with E-state index in [-0.39, 0.29) is 5.91 Å². The van der Waals surface area contributed by atoms with Gasteiger partial charge in [0.05, 0.1) is 0 Å². The molecule has 1 aliphatic carbocycles. The van der Waals surface area contributed by atoms with Crippen molar-refractivity contribution < 1.29 is 4.79 Å². The largest absolute Gasteiger partial charge is 0.348 e. The van der Waals surface area contributed by atoms with Crippen LogP contribution in [0.5, 0.6) is 0 Å². The van der Waals surface area contributed by atoms with Crippen LogP contribution in [0.3, 0.4) is 0 Å². The molecule has 3 aromatic rings. The van der Waals surface area contributed by atoms with Gasteiger partial charge in [-0.25, -0.2) is 0 Å². The Hall–Kier alpha value is -3.13. The molecule has 0 saturated heterocycles. The van der Waals surface area contributed by atoms with E-state index in [0.717, 1.165) is 30.4 Å². The summed E-state index contributed by atoms with van der Waals surface area (Å²) in [6.45, 7) is 0.552. The molecule has 27 heavy (non-hydrogen) atoms. The molecule has 0 bridgehead atoms. The summed E-state index contributed by atoms with van der Waals surface area (Å²) in [6.07, 6.45) is 5.33. The predicted molar refractivity (Wildman–Crippen MR) is 110 cm³/mol. The number of fused-ring (bicyclic) bond motifs is 1. The minimum Gasteiger partial charge on any atom is -0.348 e. The molecule has 0 aliphatic heterocycles. The zero-order valence-corrected chi connectivity index (χ0v) is 15.3. The fourth-order valence-corrected chi connectivity index (χ4v) is 3.59. The van der Waals surface area contributed by atoms with Crippen molar-refractivity contribution >= 4 is 12.0 Å². The molecular weight excluding hydrogens is 330 g/mol. The maximum Gasteiger partial charge on any atom is 0.251 e. The molecule has 3 aromatic carbocycles. The van der Waals surface area contributed by atoms with E-state index in [2.05, 4.69) is 47.8 Å². The van der Waals surface area contributed by atoms with Gasteiger partial charge in [-0.05, 0) is 53.6 Å². The summed E-state index contributed by atoms with van der Waals surface area (Å²) < 4.78 is 0. The fourth-order valence-electron chi connectivity index (χ4n) is 3.59. The Morgan fingerprint density at radius 1 is 0.852 bits per heavy atom. The molecule has 0 radical (unpaired) electrons. The van der Waals surface area contributed by atoms with E-state index >= 15 is 0 Å². The molecule has 1 aliphatic rings. The number of hydrogen-bond donors (Lipinski definition) is 1. The number of nitrogens with one attached hydrogen (secondary N) is 1. The molecule has 0 spiro atoms. The molecule has 0 fully saturated rings. The standard InChI is InChI=1S/C25H23NO/c27-25(26-18-20-9-5-2-6-10-20)23-14-13-22-12-11-21(16-24(22)17-23)15-19-7-3-1-4-8-19/h1-10,13-15,17H,11-12,16,18H2,(H,26,27)/b21-15+. The second kappa shape index (κ2) is 8.05. The van der Waals surface area contributed by atoms with Crippen LogP contribution >= 0.6 is 0 Å². The van der Waals surface area contributed by atoms with Crippen LogP contribution in [0, 0.1) is 0 Å². The van der Waals surface area contributed by atoms with Crippen molar-refractivity contribution in [3.05, 3.63) is 112 Å². The highest BCUT2D eigenvalue weighted by Gasteiger charge is 2.15. The van der Waals surface area contributed by atoms with E-state index in [1.165, 1.54) is 22.3 Å². The monoisotopic (exact) mass is 353 g/mol. The SMILES string of the molecule is O=C(NCc1ccccc1)c1ccc2c(c1)C/C(=C/c1ccccc1)CC2. The van der Waals surface area contributed by atoms with Gasteiger partial charge in [0.15, 0.2) is 0 Å². The molecule has 0 heterocycles. The first-order valence-corrected chi connectivity index (χ1v) is 9.46. The smallest absolute Gasteiger partial charge is 0.251 e. The Balaban J connectivity index is 1.47. The number of allylic oxidation sites excluding steroid dienone is 1. The van der Waals surface area contributed by atoms with Gasteiger partial charge in [0, 0.05) is 12.1 Å². The van der Waals surface area contributed by atoms with Gasteiger partial charge in [-0.1, -0.05) is 78.4 Å². The zero-order valence-electron chi connectivity index (χ0n) is 15.3. The van der Waals surface area contributed by atoms with Gasteiger partial charge in [-0.2, -0.15) is 0 Å². The van der Waals surface area contributed by atoms with Crippen LogP contribution in [-0.2, 0) is 19.4 Å². The van der Waals surface area contributed by atoms with E-state index in [1.54, 1.807) is 0 Å². The first-order valence-electron chi connectivity index (χ1n) is 9.46. The fraction of sp³-hybridized carbons (Fsp3) is 0.160. The highest BCUT2D eigenvalue weighted by atomic mass is 16.1. The summed E-state index contributed by atoms with van der Waals surface area (Å²) in [4.78, 5) is 12.6. The number of aryl methyl sites for hydroxylation is 1. The van der Waals surface area contributed by atoms with Crippen molar-refractivity contribution in [1.29, 1.82) is 0 Å². The third kappa shape index (κ3) is 4.35. The van der Waals surface area contributed by atoms with Gasteiger partial charge in [0.1, 0.15) is 0 Å². The molecule has 0 atom stereocenters. The number of carbonyl (C=O) groups excluding carboxylic acids is 1. The van der Waals surface area contributed by atoms with Crippen LogP contribution in [0.25, 0.3) is 6.08 Å². The van der Waals surface area contributed by atoms with E-state index in [4.69, 9.17) is 0 Å². The highest BCUT2D eigenvalue weighted by molar-refractivity contribution is 5.94. The molecule has 1 N–H and O–H groups in total. The summed E-state index contributed by atoms with van der Waals surface area (Å²) in [7, 11) is 0. The van der Waals surface area contributed by atoms with Crippen molar-refractivity contribution in [1.82, 2.24) is 5.32 Å². The van der Waals surface area contributed by atoms with E-state index < -0.39 is 0 Å². The topological polar surface area (TPSA) is 29.1 Å². The number of amides is 1. The second-order valence-electron chi connectivity index (χ2n) is 7.04. The van der Waals surface area contributed by atoms with E-state index in [0.29, 0.717) is 6.54 Å². The van der Waals surface area contributed by atoms with Crippen molar-refractivity contribution in [2.24, 2.45) is 0 Å². The summed E-state index contributed by atoms with van der Waals surface area (Å²) in [5.74, 6) is -0.0131. The highest BCUT2D eigenvalue weighted by Crippen LogP contribution is 2.27. The Kier molecular flexibility index (Phi) is 5.15. The molecule has 134 valence electrons. The molecule has 1 amide bonds. The average Bonchev–Trinajstić information content (AvgIpc) is 2.73. The molecular formula is C25H23NO. The van der Waals surface area contributed by atoms with Crippen LogP contribution in [0.1, 0.15) is 39.0 Å². The van der Waals surface area contributed by atoms with Gasteiger partial charge in [0.25, 0.3) is 5.91 Å². The molecule has 0 aromatic heterocycles. The average molecular weight is 353 g/mol. The van der Waals surface area contributed by atoms with E-state index in [9.17, 15) is 4.79 Å². The van der Waals surface area contributed by atoms with Crippen molar-refractivity contribution in [2.75, 3.05) is 0 Å². The Labute approximate surface area is 160 Å². The Bertz CT molecular complexity index is 958. The minimum atomic E-state index is -0.0131. The Morgan fingerprint density at radius 3 is 2.37 bits per heavy atom. The number of carbonyl (C=O) groups is 1. The molecule has 4 rings (SSSR count). The lowest BCUT2D eigenvalue weighted by molar-refractivity contribution is 0.0951. The quantitative estimate of drug-likeness (QED) is 0.687. The first kappa shape index (κ1) is 17.3. The normalized spacial score (nSPS) is 14.6. The van der Waals surface area contributed by atoms with Crippen LogP contribution in [0.4, 0.5) is 0 Å². The summed E-state index contributed by atoms with van der Waals surface area (Å²) >= 11 is 0. The summed E-state index contributed by atoms with van der Waals surface area (Å²) in [6, 6.07) is 26.6. The number of hydrogen-bond acceptors (Lipinski definition) is 1. The van der Waals surface area contributed by atoms with Gasteiger partial charge in [-0.3, -0.25) is 4.79 Å². The molecule has 0 unspecified atom stereocenters. The molecule has 2 nitrogen and oxygen atoms in total. The van der Waals surface area contributed by atoms with Gasteiger partial charge in [-0.15, -0.1) is 0 Å². The zero-order chi connectivity index (χ0) is 18.5. The lowest BCUT2D eigenvalue weighted by Gasteiger charge is -2.20. The maximum atomic E-state index is 12.6. The lowest BCUT2D eigenvalue weighted by atomic mass is 9.86. The van der Waals surface area contributed by atoms with Crippen LogP contribution in [0.15, 0.2) is 84.4 Å². The summed E-state index contributed by atoms with van der Waals surface area (Å²) in [5.41, 5.74) is 7.15. The predicted octanol–water partition coefficient (Wildman–Crippen LogP) is 5.19. The van der Waals surface area contributed by atoms with Crippen LogP contribution in [0.2, 0.25) is 0 Å². The first-order chi connectivity index (χ1) is 13.3. The van der Waals surface area contributed by atoms with Crippen LogP contribution < -0.4 is 5.32 Å². The van der Waals surface area contributed by atoms with Gasteiger partial charge in [0.2, 0.25) is 0 Å². The minimum absolute atomic E-state index is 0.0131. The van der Waals surface area contributed by atoms with Crippen molar-refractivity contribution in [3.63, 3.8) is 0 Å².